The van der Waals surface area contributed by atoms with Gasteiger partial charge in [0.15, 0.2) is 16.6 Å². The maximum Gasteiger partial charge on any atom is 0.192 e. The van der Waals surface area contributed by atoms with Gasteiger partial charge >= 0.3 is 0 Å². The summed E-state index contributed by atoms with van der Waals surface area (Å²) < 4.78 is 14.0. The van der Waals surface area contributed by atoms with E-state index in [2.05, 4.69) is 93.7 Å². The third kappa shape index (κ3) is 7.55. The molecule has 2 rings (SSSR count). The summed E-state index contributed by atoms with van der Waals surface area (Å²) in [5.41, 5.74) is 0.342. The Labute approximate surface area is 216 Å². The van der Waals surface area contributed by atoms with Gasteiger partial charge in [-0.3, -0.25) is 0 Å². The van der Waals surface area contributed by atoms with Crippen LogP contribution in [0.3, 0.4) is 0 Å². The molecule has 2 saturated carbocycles. The fourth-order valence-electron chi connectivity index (χ4n) is 5.67. The SMILES string of the molecule is CCCC[C@H](C)C[C@@H](C=CC12CCCC1CC(O[Si](C)(C)C(C)(C)C)C2)O[Si](C)(C)C(C)(C)C. The maximum absolute atomic E-state index is 7.04. The fourth-order valence-corrected chi connectivity index (χ4v) is 8.32. The lowest BCUT2D eigenvalue weighted by molar-refractivity contribution is 0.170. The minimum absolute atomic E-state index is 0.245. The Morgan fingerprint density at radius 3 is 2.18 bits per heavy atom. The molecule has 2 nitrogen and oxygen atoms in total. The molecule has 0 radical (unpaired) electrons. The van der Waals surface area contributed by atoms with E-state index in [1.165, 1.54) is 51.4 Å². The van der Waals surface area contributed by atoms with Crippen LogP contribution < -0.4 is 0 Å². The quantitative estimate of drug-likeness (QED) is 0.204. The molecule has 0 spiro atoms. The molecule has 0 aromatic heterocycles. The van der Waals surface area contributed by atoms with Crippen LogP contribution >= 0.6 is 0 Å². The molecule has 2 aliphatic carbocycles. The van der Waals surface area contributed by atoms with Crippen LogP contribution in [0.15, 0.2) is 12.2 Å². The minimum atomic E-state index is -1.82. The van der Waals surface area contributed by atoms with Gasteiger partial charge in [-0.05, 0) is 85.6 Å². The van der Waals surface area contributed by atoms with Crippen molar-refractivity contribution >= 4 is 16.6 Å². The predicted octanol–water partition coefficient (Wildman–Crippen LogP) is 10.1. The summed E-state index contributed by atoms with van der Waals surface area (Å²) in [6, 6.07) is 0. The van der Waals surface area contributed by atoms with Crippen molar-refractivity contribution in [1.29, 1.82) is 0 Å². The molecule has 0 saturated heterocycles. The molecule has 0 bridgehead atoms. The van der Waals surface area contributed by atoms with Gasteiger partial charge in [-0.25, -0.2) is 0 Å². The Bertz CT molecular complexity index is 670. The summed E-state index contributed by atoms with van der Waals surface area (Å²) >= 11 is 0. The van der Waals surface area contributed by atoms with E-state index in [1.807, 2.05) is 0 Å². The van der Waals surface area contributed by atoms with Crippen LogP contribution in [0.4, 0.5) is 0 Å². The molecule has 4 heteroatoms. The molecule has 0 heterocycles. The van der Waals surface area contributed by atoms with Crippen molar-refractivity contribution < 1.29 is 8.85 Å². The highest BCUT2D eigenvalue weighted by molar-refractivity contribution is 6.74. The van der Waals surface area contributed by atoms with E-state index in [0.717, 1.165) is 18.3 Å². The van der Waals surface area contributed by atoms with Gasteiger partial charge in [0.2, 0.25) is 0 Å². The highest BCUT2D eigenvalue weighted by atomic mass is 28.4. The molecule has 2 fully saturated rings. The summed E-state index contributed by atoms with van der Waals surface area (Å²) in [6.07, 6.45) is 17.5. The van der Waals surface area contributed by atoms with Crippen molar-refractivity contribution in [1.82, 2.24) is 0 Å². The zero-order valence-electron chi connectivity index (χ0n) is 25.1. The number of fused-ring (bicyclic) bond motifs is 1. The van der Waals surface area contributed by atoms with Crippen molar-refractivity contribution in [2.75, 3.05) is 0 Å². The molecule has 0 aliphatic heterocycles. The highest BCUT2D eigenvalue weighted by Gasteiger charge is 2.51. The van der Waals surface area contributed by atoms with Crippen molar-refractivity contribution in [2.45, 2.75) is 162 Å². The number of hydrogen-bond donors (Lipinski definition) is 0. The second-order valence-corrected chi connectivity index (χ2v) is 24.5. The van der Waals surface area contributed by atoms with Crippen LogP contribution in [0.5, 0.6) is 0 Å². The van der Waals surface area contributed by atoms with Gasteiger partial charge in [-0.1, -0.05) is 93.2 Å². The predicted molar refractivity (Wildman–Crippen MR) is 156 cm³/mol. The first-order valence-electron chi connectivity index (χ1n) is 14.5. The van der Waals surface area contributed by atoms with Crippen molar-refractivity contribution in [3.63, 3.8) is 0 Å². The van der Waals surface area contributed by atoms with Gasteiger partial charge < -0.3 is 8.85 Å². The Hall–Kier alpha value is 0.0938. The van der Waals surface area contributed by atoms with E-state index in [-0.39, 0.29) is 16.2 Å². The van der Waals surface area contributed by atoms with E-state index in [1.54, 1.807) is 0 Å². The smallest absolute Gasteiger partial charge is 0.192 e. The average molecular weight is 509 g/mol. The van der Waals surface area contributed by atoms with Gasteiger partial charge in [0.1, 0.15) is 0 Å². The summed E-state index contributed by atoms with van der Waals surface area (Å²) in [5, 5.41) is 0.528. The molecule has 2 aliphatic rings. The fraction of sp³-hybridized carbons (Fsp3) is 0.933. The van der Waals surface area contributed by atoms with Gasteiger partial charge in [-0.15, -0.1) is 0 Å². The molecule has 0 aromatic carbocycles. The molecule has 200 valence electrons. The minimum Gasteiger partial charge on any atom is -0.414 e. The molecule has 3 unspecified atom stereocenters. The number of hydrogen-bond acceptors (Lipinski definition) is 2. The first-order valence-corrected chi connectivity index (χ1v) is 20.3. The number of rotatable bonds is 11. The third-order valence-corrected chi connectivity index (χ3v) is 19.0. The lowest BCUT2D eigenvalue weighted by Crippen LogP contribution is -2.44. The normalized spacial score (nSPS) is 28.5. The summed E-state index contributed by atoms with van der Waals surface area (Å²) in [6.45, 7) is 28.6. The third-order valence-electron chi connectivity index (χ3n) is 10.0. The van der Waals surface area contributed by atoms with Crippen LogP contribution in [0.2, 0.25) is 36.3 Å². The first-order chi connectivity index (χ1) is 15.4. The number of unbranched alkanes of at least 4 members (excludes halogenated alkanes) is 1. The van der Waals surface area contributed by atoms with Crippen molar-refractivity contribution in [3.8, 4) is 0 Å². The van der Waals surface area contributed by atoms with Crippen molar-refractivity contribution in [2.24, 2.45) is 17.3 Å². The monoisotopic (exact) mass is 508 g/mol. The van der Waals surface area contributed by atoms with Crippen LogP contribution in [-0.2, 0) is 8.85 Å². The molecule has 0 N–H and O–H groups in total. The van der Waals surface area contributed by atoms with E-state index in [0.29, 0.717) is 11.5 Å². The zero-order chi connectivity index (χ0) is 26.0. The summed E-state index contributed by atoms with van der Waals surface area (Å²) in [5.74, 6) is 1.51. The zero-order valence-corrected chi connectivity index (χ0v) is 27.1. The Kier molecular flexibility index (Phi) is 10.0. The second kappa shape index (κ2) is 11.2. The highest BCUT2D eigenvalue weighted by Crippen LogP contribution is 2.57. The van der Waals surface area contributed by atoms with Crippen LogP contribution in [0, 0.1) is 17.3 Å². The molecule has 0 aromatic rings. The maximum atomic E-state index is 7.04. The summed E-state index contributed by atoms with van der Waals surface area (Å²) in [4.78, 5) is 0. The van der Waals surface area contributed by atoms with Crippen LogP contribution in [0.1, 0.15) is 113 Å². The molecular formula is C30H60O2Si2. The average Bonchev–Trinajstić information content (AvgIpc) is 3.18. The Morgan fingerprint density at radius 1 is 1.00 bits per heavy atom. The van der Waals surface area contributed by atoms with E-state index in [4.69, 9.17) is 8.85 Å². The second-order valence-electron chi connectivity index (χ2n) is 15.0. The number of allylic oxidation sites excluding steroid dienone is 1. The van der Waals surface area contributed by atoms with Gasteiger partial charge in [-0.2, -0.15) is 0 Å². The standard InChI is InChI=1S/C30H60O2Si2/c1-13-14-16-24(2)21-26(31-33(9,10)28(3,4)5)18-20-30-19-15-17-25(30)22-27(23-30)32-34(11,12)29(6,7)8/h18,20,24-27H,13-17,19,21-23H2,1-12H3/t24-,25?,26+,27?,30?/m0/s1. The van der Waals surface area contributed by atoms with Crippen LogP contribution in [-0.4, -0.2) is 28.8 Å². The first kappa shape index (κ1) is 30.3. The Balaban J connectivity index is 2.20. The van der Waals surface area contributed by atoms with Crippen LogP contribution in [0.25, 0.3) is 0 Å². The molecule has 5 atom stereocenters. The van der Waals surface area contributed by atoms with Gasteiger partial charge in [0.05, 0.1) is 6.10 Å². The Morgan fingerprint density at radius 2 is 1.62 bits per heavy atom. The largest absolute Gasteiger partial charge is 0.414 e. The lowest BCUT2D eigenvalue weighted by atomic mass is 9.79. The van der Waals surface area contributed by atoms with Gasteiger partial charge in [0, 0.05) is 6.10 Å². The van der Waals surface area contributed by atoms with E-state index in [9.17, 15) is 0 Å². The van der Waals surface area contributed by atoms with E-state index >= 15 is 0 Å². The lowest BCUT2D eigenvalue weighted by Gasteiger charge is -2.39. The molecule has 0 amide bonds. The topological polar surface area (TPSA) is 18.5 Å². The molecular weight excluding hydrogens is 449 g/mol. The van der Waals surface area contributed by atoms with E-state index < -0.39 is 16.6 Å². The molecule has 34 heavy (non-hydrogen) atoms. The summed E-state index contributed by atoms with van der Waals surface area (Å²) in [7, 11) is -3.54. The van der Waals surface area contributed by atoms with Crippen molar-refractivity contribution in [3.05, 3.63) is 12.2 Å². The van der Waals surface area contributed by atoms with Gasteiger partial charge in [0.25, 0.3) is 0 Å².